The zero-order valence-electron chi connectivity index (χ0n) is 9.18. The highest BCUT2D eigenvalue weighted by Crippen LogP contribution is 2.48. The minimum absolute atomic E-state index is 0.832. The molecule has 0 saturated heterocycles. The van der Waals surface area contributed by atoms with Crippen molar-refractivity contribution >= 4 is 11.5 Å². The summed E-state index contributed by atoms with van der Waals surface area (Å²) in [5.41, 5.74) is 4.60. The van der Waals surface area contributed by atoms with Gasteiger partial charge in [-0.2, -0.15) is 0 Å². The maximum Gasteiger partial charge on any atom is 0.0328 e. The monoisotopic (exact) mass is 219 g/mol. The average molecular weight is 219 g/mol. The summed E-state index contributed by atoms with van der Waals surface area (Å²) >= 11 is 1.85. The summed E-state index contributed by atoms with van der Waals surface area (Å²) in [5, 5.41) is 0. The molecule has 0 atom stereocenters. The number of hydrogen-bond donors (Lipinski definition) is 1. The Kier molecular flexibility index (Phi) is 2.32. The molecule has 1 heterocycles. The summed E-state index contributed by atoms with van der Waals surface area (Å²) in [6, 6.07) is 2.22. The molecule has 0 amide bonds. The van der Waals surface area contributed by atoms with E-state index in [0.717, 1.165) is 5.92 Å². The predicted molar refractivity (Wildman–Crippen MR) is 65.9 cm³/mol. The van der Waals surface area contributed by atoms with E-state index in [1.54, 1.807) is 10.4 Å². The van der Waals surface area contributed by atoms with E-state index in [0.29, 0.717) is 0 Å². The van der Waals surface area contributed by atoms with Crippen LogP contribution in [0, 0.1) is 6.92 Å². The molecule has 1 fully saturated rings. The van der Waals surface area contributed by atoms with Gasteiger partial charge in [-0.05, 0) is 42.9 Å². The van der Waals surface area contributed by atoms with Crippen LogP contribution in [0.4, 0.5) is 0 Å². The lowest BCUT2D eigenvalue weighted by atomic mass is 9.88. The Morgan fingerprint density at radius 2 is 2.07 bits per heavy atom. The smallest absolute Gasteiger partial charge is 0.0328 e. The van der Waals surface area contributed by atoms with Crippen molar-refractivity contribution in [3.8, 4) is 11.1 Å². The lowest BCUT2D eigenvalue weighted by molar-refractivity contribution is 0.449. The van der Waals surface area contributed by atoms with Crippen LogP contribution in [0.1, 0.15) is 48.5 Å². The lowest BCUT2D eigenvalue weighted by Gasteiger charge is -2.20. The first-order valence-electron chi connectivity index (χ1n) is 5.92. The Bertz CT molecular complexity index is 420. The van der Waals surface area contributed by atoms with E-state index in [4.69, 9.17) is 0 Å². The second kappa shape index (κ2) is 3.67. The molecule has 0 radical (unpaired) electrons. The maximum absolute atomic E-state index is 3.32. The minimum atomic E-state index is 0.832. The van der Waals surface area contributed by atoms with Crippen molar-refractivity contribution in [3.63, 3.8) is 0 Å². The van der Waals surface area contributed by atoms with E-state index in [-0.39, 0.29) is 0 Å². The molecule has 3 rings (SSSR count). The summed E-state index contributed by atoms with van der Waals surface area (Å²) in [4.78, 5) is 1.62. The van der Waals surface area contributed by atoms with Crippen molar-refractivity contribution in [1.29, 1.82) is 0 Å². The first-order valence-corrected chi connectivity index (χ1v) is 6.74. The molecule has 0 aromatic rings. The summed E-state index contributed by atoms with van der Waals surface area (Å²) < 4.78 is 3.32. The molecule has 0 unspecified atom stereocenters. The van der Waals surface area contributed by atoms with Crippen LogP contribution in [0.3, 0.4) is 0 Å². The second-order valence-electron chi connectivity index (χ2n) is 4.67. The number of fused-ring (bicyclic) bond motifs is 1. The van der Waals surface area contributed by atoms with Crippen molar-refractivity contribution in [2.24, 2.45) is 0 Å². The molecule has 80 valence electrons. The van der Waals surface area contributed by atoms with Gasteiger partial charge in [0.05, 0.1) is 0 Å². The van der Waals surface area contributed by atoms with E-state index < -0.39 is 0 Å². The standard InChI is InChI=1S/C13H17NS/c1-9-11-7-8-14-15-13(12(9)11)10-5-3-2-4-6-10/h7-8,10,14H,2-6H2,1H3. The van der Waals surface area contributed by atoms with Crippen molar-refractivity contribution in [2.75, 3.05) is 0 Å². The van der Waals surface area contributed by atoms with Crippen LogP contribution in [0.2, 0.25) is 0 Å². The highest BCUT2D eigenvalue weighted by Gasteiger charge is 2.27. The van der Waals surface area contributed by atoms with Crippen LogP contribution in [-0.4, -0.2) is 4.37 Å². The molecule has 1 saturated carbocycles. The Hall–Kier alpha value is -0.760. The van der Waals surface area contributed by atoms with Gasteiger partial charge in [-0.15, -0.1) is 0 Å². The van der Waals surface area contributed by atoms with Gasteiger partial charge in [0.15, 0.2) is 0 Å². The molecule has 0 spiro atoms. The molecule has 1 nitrogen and oxygen atoms in total. The number of H-pyrrole nitrogens is 1. The topological polar surface area (TPSA) is 15.8 Å². The number of aryl methyl sites for hydroxylation is 1. The highest BCUT2D eigenvalue weighted by molar-refractivity contribution is 7.06. The van der Waals surface area contributed by atoms with Crippen LogP contribution in [0.15, 0.2) is 12.3 Å². The third-order valence-electron chi connectivity index (χ3n) is 3.70. The van der Waals surface area contributed by atoms with E-state index in [1.165, 1.54) is 43.2 Å². The Morgan fingerprint density at radius 3 is 2.87 bits per heavy atom. The van der Waals surface area contributed by atoms with E-state index in [9.17, 15) is 0 Å². The van der Waals surface area contributed by atoms with E-state index in [1.807, 2.05) is 11.5 Å². The summed E-state index contributed by atoms with van der Waals surface area (Å²) in [6.07, 6.45) is 9.15. The summed E-state index contributed by atoms with van der Waals surface area (Å²) in [6.45, 7) is 2.25. The van der Waals surface area contributed by atoms with Gasteiger partial charge < -0.3 is 4.37 Å². The number of hydrogen-bond acceptors (Lipinski definition) is 1. The number of aromatic nitrogens is 1. The van der Waals surface area contributed by atoms with Crippen molar-refractivity contribution in [3.05, 3.63) is 22.7 Å². The second-order valence-corrected chi connectivity index (χ2v) is 5.55. The molecule has 0 aromatic heterocycles. The van der Waals surface area contributed by atoms with Crippen molar-refractivity contribution in [2.45, 2.75) is 44.9 Å². The van der Waals surface area contributed by atoms with Crippen LogP contribution in [-0.2, 0) is 0 Å². The van der Waals surface area contributed by atoms with Crippen molar-refractivity contribution in [1.82, 2.24) is 4.37 Å². The highest BCUT2D eigenvalue weighted by atomic mass is 32.1. The summed E-state index contributed by atoms with van der Waals surface area (Å²) in [7, 11) is 0. The molecule has 1 aliphatic heterocycles. The zero-order valence-corrected chi connectivity index (χ0v) is 9.99. The molecule has 2 heteroatoms. The molecule has 1 N–H and O–H groups in total. The minimum Gasteiger partial charge on any atom is -0.318 e. The van der Waals surface area contributed by atoms with Crippen LogP contribution in [0.25, 0.3) is 11.1 Å². The van der Waals surface area contributed by atoms with Gasteiger partial charge in [-0.3, -0.25) is 0 Å². The molecule has 0 aromatic carbocycles. The van der Waals surface area contributed by atoms with Gasteiger partial charge in [-0.1, -0.05) is 30.8 Å². The Labute approximate surface area is 95.0 Å². The van der Waals surface area contributed by atoms with Crippen LogP contribution >= 0.6 is 11.5 Å². The first-order chi connectivity index (χ1) is 7.38. The molecule has 2 aliphatic carbocycles. The maximum atomic E-state index is 3.32. The first kappa shape index (κ1) is 9.46. The number of aromatic amines is 1. The fraction of sp³-hybridized carbons (Fsp3) is 0.538. The summed E-state index contributed by atoms with van der Waals surface area (Å²) in [5.74, 6) is 0.832. The molecule has 3 aliphatic rings. The molecular weight excluding hydrogens is 202 g/mol. The number of rotatable bonds is 1. The van der Waals surface area contributed by atoms with Gasteiger partial charge in [0.1, 0.15) is 0 Å². The quantitative estimate of drug-likeness (QED) is 0.725. The fourth-order valence-electron chi connectivity index (χ4n) is 2.74. The fourth-order valence-corrected chi connectivity index (χ4v) is 3.78. The predicted octanol–water partition coefficient (Wildman–Crippen LogP) is 4.54. The molecular formula is C13H17NS. The SMILES string of the molecule is Cc1c2cc[nH]sc(C3CCCCC3)c1-2. The molecule has 0 bridgehead atoms. The van der Waals surface area contributed by atoms with Crippen molar-refractivity contribution < 1.29 is 0 Å². The lowest BCUT2D eigenvalue weighted by Crippen LogP contribution is -2.02. The third-order valence-corrected chi connectivity index (χ3v) is 4.71. The van der Waals surface area contributed by atoms with Gasteiger partial charge >= 0.3 is 0 Å². The largest absolute Gasteiger partial charge is 0.318 e. The third kappa shape index (κ3) is 1.61. The number of nitrogens with one attached hydrogen (secondary N) is 1. The van der Waals surface area contributed by atoms with Crippen LogP contribution < -0.4 is 0 Å². The van der Waals surface area contributed by atoms with E-state index in [2.05, 4.69) is 23.6 Å². The van der Waals surface area contributed by atoms with Gasteiger partial charge in [-0.25, -0.2) is 0 Å². The van der Waals surface area contributed by atoms with Gasteiger partial charge in [0.2, 0.25) is 0 Å². The normalized spacial score (nSPS) is 18.7. The van der Waals surface area contributed by atoms with Gasteiger partial charge in [0, 0.05) is 16.6 Å². The zero-order chi connectivity index (χ0) is 10.3. The van der Waals surface area contributed by atoms with E-state index >= 15 is 0 Å². The van der Waals surface area contributed by atoms with Crippen LogP contribution in [0.5, 0.6) is 0 Å². The molecule has 15 heavy (non-hydrogen) atoms. The average Bonchev–Trinajstić information content (AvgIpc) is 2.96. The Balaban J connectivity index is 1.97. The Morgan fingerprint density at radius 1 is 1.27 bits per heavy atom. The van der Waals surface area contributed by atoms with Gasteiger partial charge in [0.25, 0.3) is 0 Å².